The van der Waals surface area contributed by atoms with Gasteiger partial charge in [-0.25, -0.2) is 0 Å². The summed E-state index contributed by atoms with van der Waals surface area (Å²) in [6.07, 6.45) is 2.53. The molecule has 0 spiro atoms. The van der Waals surface area contributed by atoms with E-state index >= 15 is 0 Å². The third-order valence-corrected chi connectivity index (χ3v) is 4.34. The number of hydrogen-bond donors (Lipinski definition) is 1. The smallest absolute Gasteiger partial charge is 0.255 e. The fourth-order valence-electron chi connectivity index (χ4n) is 2.93. The molecule has 1 amide bonds. The minimum Gasteiger partial charge on any atom is -0.486 e. The highest BCUT2D eigenvalue weighted by atomic mass is 16.6. The Bertz CT molecular complexity index is 765. The molecular weight excluding hydrogens is 290 g/mol. The molecule has 118 valence electrons. The first kappa shape index (κ1) is 14.1. The van der Waals surface area contributed by atoms with E-state index in [9.17, 15) is 4.79 Å². The van der Waals surface area contributed by atoms with Crippen LogP contribution in [0, 0.1) is 6.92 Å². The molecule has 0 bridgehead atoms. The Labute approximate surface area is 135 Å². The number of benzene rings is 2. The first-order chi connectivity index (χ1) is 11.2. The number of amides is 1. The first-order valence-corrected chi connectivity index (χ1v) is 8.02. The SMILES string of the molecule is Cc1cc(C2CC2)ccc1C(=O)Nc1ccc2c(c1)OCCO2. The summed E-state index contributed by atoms with van der Waals surface area (Å²) >= 11 is 0. The summed E-state index contributed by atoms with van der Waals surface area (Å²) in [7, 11) is 0. The molecule has 23 heavy (non-hydrogen) atoms. The Morgan fingerprint density at radius 1 is 1.04 bits per heavy atom. The van der Waals surface area contributed by atoms with E-state index in [1.54, 1.807) is 6.07 Å². The van der Waals surface area contributed by atoms with E-state index in [-0.39, 0.29) is 5.91 Å². The number of ether oxygens (including phenoxy) is 2. The molecule has 0 unspecified atom stereocenters. The van der Waals surface area contributed by atoms with Gasteiger partial charge < -0.3 is 14.8 Å². The number of aryl methyl sites for hydroxylation is 1. The van der Waals surface area contributed by atoms with Gasteiger partial charge in [0.15, 0.2) is 11.5 Å². The van der Waals surface area contributed by atoms with Crippen LogP contribution in [-0.2, 0) is 0 Å². The molecule has 2 aliphatic rings. The number of anilines is 1. The van der Waals surface area contributed by atoms with Gasteiger partial charge in [-0.3, -0.25) is 4.79 Å². The Morgan fingerprint density at radius 3 is 2.57 bits per heavy atom. The molecule has 2 aromatic rings. The molecule has 0 radical (unpaired) electrons. The molecule has 0 aromatic heterocycles. The zero-order chi connectivity index (χ0) is 15.8. The molecule has 4 nitrogen and oxygen atoms in total. The second-order valence-electron chi connectivity index (χ2n) is 6.16. The monoisotopic (exact) mass is 309 g/mol. The Hall–Kier alpha value is -2.49. The van der Waals surface area contributed by atoms with Crippen molar-refractivity contribution in [1.82, 2.24) is 0 Å². The zero-order valence-electron chi connectivity index (χ0n) is 13.1. The average molecular weight is 309 g/mol. The maximum Gasteiger partial charge on any atom is 0.255 e. The van der Waals surface area contributed by atoms with Gasteiger partial charge in [-0.1, -0.05) is 12.1 Å². The van der Waals surface area contributed by atoms with E-state index in [0.29, 0.717) is 36.1 Å². The van der Waals surface area contributed by atoms with E-state index in [4.69, 9.17) is 9.47 Å². The van der Waals surface area contributed by atoms with Gasteiger partial charge in [0, 0.05) is 17.3 Å². The van der Waals surface area contributed by atoms with Crippen LogP contribution < -0.4 is 14.8 Å². The lowest BCUT2D eigenvalue weighted by Gasteiger charge is -2.19. The van der Waals surface area contributed by atoms with Crippen molar-refractivity contribution in [3.63, 3.8) is 0 Å². The maximum absolute atomic E-state index is 12.5. The quantitative estimate of drug-likeness (QED) is 0.935. The number of rotatable bonds is 3. The lowest BCUT2D eigenvalue weighted by molar-refractivity contribution is 0.102. The highest BCUT2D eigenvalue weighted by Crippen LogP contribution is 2.40. The molecular formula is C19H19NO3. The third kappa shape index (κ3) is 2.89. The highest BCUT2D eigenvalue weighted by molar-refractivity contribution is 6.05. The van der Waals surface area contributed by atoms with Crippen LogP contribution in [0.3, 0.4) is 0 Å². The second-order valence-corrected chi connectivity index (χ2v) is 6.16. The van der Waals surface area contributed by atoms with Crippen LogP contribution in [0.15, 0.2) is 36.4 Å². The molecule has 1 aliphatic heterocycles. The predicted octanol–water partition coefficient (Wildman–Crippen LogP) is 3.90. The van der Waals surface area contributed by atoms with Gasteiger partial charge in [0.2, 0.25) is 0 Å². The van der Waals surface area contributed by atoms with Crippen LogP contribution in [0.4, 0.5) is 5.69 Å². The van der Waals surface area contributed by atoms with Crippen LogP contribution >= 0.6 is 0 Å². The fraction of sp³-hybridized carbons (Fsp3) is 0.316. The molecule has 1 saturated carbocycles. The van der Waals surface area contributed by atoms with Crippen molar-refractivity contribution in [2.45, 2.75) is 25.7 Å². The second kappa shape index (κ2) is 5.61. The summed E-state index contributed by atoms with van der Waals surface area (Å²) in [6, 6.07) is 11.6. The summed E-state index contributed by atoms with van der Waals surface area (Å²) in [6.45, 7) is 3.09. The Kier molecular flexibility index (Phi) is 3.45. The van der Waals surface area contributed by atoms with E-state index in [0.717, 1.165) is 11.3 Å². The number of carbonyl (C=O) groups excluding carboxylic acids is 1. The van der Waals surface area contributed by atoms with E-state index in [1.165, 1.54) is 18.4 Å². The third-order valence-electron chi connectivity index (χ3n) is 4.34. The topological polar surface area (TPSA) is 47.6 Å². The van der Waals surface area contributed by atoms with Crippen LogP contribution in [0.2, 0.25) is 0 Å². The fourth-order valence-corrected chi connectivity index (χ4v) is 2.93. The van der Waals surface area contributed by atoms with Gasteiger partial charge in [0.05, 0.1) is 0 Å². The van der Waals surface area contributed by atoms with Crippen molar-refractivity contribution in [2.24, 2.45) is 0 Å². The largest absolute Gasteiger partial charge is 0.486 e. The van der Waals surface area contributed by atoms with Crippen LogP contribution in [0.1, 0.15) is 40.2 Å². The van der Waals surface area contributed by atoms with Gasteiger partial charge in [-0.2, -0.15) is 0 Å². The van der Waals surface area contributed by atoms with Crippen molar-refractivity contribution in [2.75, 3.05) is 18.5 Å². The zero-order valence-corrected chi connectivity index (χ0v) is 13.1. The van der Waals surface area contributed by atoms with Gasteiger partial charge >= 0.3 is 0 Å². The van der Waals surface area contributed by atoms with Crippen LogP contribution in [-0.4, -0.2) is 19.1 Å². The van der Waals surface area contributed by atoms with E-state index in [2.05, 4.69) is 17.4 Å². The molecule has 0 atom stereocenters. The lowest BCUT2D eigenvalue weighted by atomic mass is 10.0. The van der Waals surface area contributed by atoms with Crippen LogP contribution in [0.25, 0.3) is 0 Å². The summed E-state index contributed by atoms with van der Waals surface area (Å²) in [5.41, 5.74) is 3.79. The highest BCUT2D eigenvalue weighted by Gasteiger charge is 2.24. The molecule has 1 N–H and O–H groups in total. The molecule has 1 fully saturated rings. The Balaban J connectivity index is 1.53. The molecule has 1 heterocycles. The summed E-state index contributed by atoms with van der Waals surface area (Å²) < 4.78 is 11.0. The van der Waals surface area contributed by atoms with Crippen molar-refractivity contribution in [3.05, 3.63) is 53.1 Å². The van der Waals surface area contributed by atoms with Gasteiger partial charge in [0.25, 0.3) is 5.91 Å². The van der Waals surface area contributed by atoms with Crippen LogP contribution in [0.5, 0.6) is 11.5 Å². The summed E-state index contributed by atoms with van der Waals surface area (Å²) in [5.74, 6) is 2.00. The van der Waals surface area contributed by atoms with Gasteiger partial charge in [-0.05, 0) is 55.0 Å². The average Bonchev–Trinajstić information content (AvgIpc) is 3.39. The van der Waals surface area contributed by atoms with E-state index < -0.39 is 0 Å². The Morgan fingerprint density at radius 2 is 1.83 bits per heavy atom. The number of fused-ring (bicyclic) bond motifs is 1. The first-order valence-electron chi connectivity index (χ1n) is 8.02. The molecule has 4 heteroatoms. The predicted molar refractivity (Wildman–Crippen MR) is 88.5 cm³/mol. The van der Waals surface area contributed by atoms with Crippen molar-refractivity contribution in [3.8, 4) is 11.5 Å². The maximum atomic E-state index is 12.5. The number of carbonyl (C=O) groups is 1. The molecule has 4 rings (SSSR count). The van der Waals surface area contributed by atoms with Crippen molar-refractivity contribution >= 4 is 11.6 Å². The molecule has 2 aromatic carbocycles. The molecule has 1 aliphatic carbocycles. The minimum absolute atomic E-state index is 0.0958. The minimum atomic E-state index is -0.0958. The molecule has 0 saturated heterocycles. The van der Waals surface area contributed by atoms with Crippen molar-refractivity contribution < 1.29 is 14.3 Å². The summed E-state index contributed by atoms with van der Waals surface area (Å²) in [5, 5.41) is 2.94. The number of nitrogens with one attached hydrogen (secondary N) is 1. The summed E-state index contributed by atoms with van der Waals surface area (Å²) in [4.78, 5) is 12.5. The number of hydrogen-bond acceptors (Lipinski definition) is 3. The normalized spacial score (nSPS) is 16.0. The van der Waals surface area contributed by atoms with E-state index in [1.807, 2.05) is 25.1 Å². The lowest BCUT2D eigenvalue weighted by Crippen LogP contribution is -2.17. The standard InChI is InChI=1S/C19H19NO3/c1-12-10-14(13-2-3-13)4-6-16(12)19(21)20-15-5-7-17-18(11-15)23-9-8-22-17/h4-7,10-11,13H,2-3,8-9H2,1H3,(H,20,21). The van der Waals surface area contributed by atoms with Gasteiger partial charge in [-0.15, -0.1) is 0 Å². The van der Waals surface area contributed by atoms with Crippen molar-refractivity contribution in [1.29, 1.82) is 0 Å². The van der Waals surface area contributed by atoms with Gasteiger partial charge in [0.1, 0.15) is 13.2 Å².